The summed E-state index contributed by atoms with van der Waals surface area (Å²) >= 11 is 6.10. The van der Waals surface area contributed by atoms with Crippen LogP contribution in [0.25, 0.3) is 0 Å². The lowest BCUT2D eigenvalue weighted by Crippen LogP contribution is -2.49. The predicted molar refractivity (Wildman–Crippen MR) is 85.2 cm³/mol. The van der Waals surface area contributed by atoms with E-state index in [9.17, 15) is 9.18 Å². The Kier molecular flexibility index (Phi) is 4.16. The minimum atomic E-state index is -0.730. The van der Waals surface area contributed by atoms with Crippen LogP contribution in [0.5, 0.6) is 0 Å². The van der Waals surface area contributed by atoms with Crippen molar-refractivity contribution in [2.45, 2.75) is 31.2 Å². The van der Waals surface area contributed by atoms with Gasteiger partial charge in [-0.05, 0) is 30.5 Å². The van der Waals surface area contributed by atoms with Crippen molar-refractivity contribution in [2.75, 3.05) is 0 Å². The van der Waals surface area contributed by atoms with Crippen molar-refractivity contribution in [1.82, 2.24) is 5.32 Å². The fraction of sp³-hybridized carbons (Fsp3) is 0.278. The SMILES string of the molecule is O=C(NCc1ccccc1Cl)C1(c2ccccc2F)CCC1. The summed E-state index contributed by atoms with van der Waals surface area (Å²) in [6.07, 6.45) is 2.30. The largest absolute Gasteiger partial charge is 0.351 e. The molecule has 1 aliphatic rings. The van der Waals surface area contributed by atoms with Gasteiger partial charge in [-0.25, -0.2) is 4.39 Å². The first-order valence-electron chi connectivity index (χ1n) is 7.40. The molecular formula is C18H17ClFNO. The highest BCUT2D eigenvalue weighted by Crippen LogP contribution is 2.44. The highest BCUT2D eigenvalue weighted by molar-refractivity contribution is 6.31. The number of hydrogen-bond donors (Lipinski definition) is 1. The first-order chi connectivity index (χ1) is 10.6. The zero-order valence-corrected chi connectivity index (χ0v) is 12.9. The Labute approximate surface area is 134 Å². The summed E-state index contributed by atoms with van der Waals surface area (Å²) < 4.78 is 14.1. The third kappa shape index (κ3) is 2.61. The smallest absolute Gasteiger partial charge is 0.231 e. The molecule has 0 saturated heterocycles. The van der Waals surface area contributed by atoms with E-state index < -0.39 is 5.41 Å². The molecule has 0 aliphatic heterocycles. The van der Waals surface area contributed by atoms with Crippen molar-refractivity contribution in [3.63, 3.8) is 0 Å². The highest BCUT2D eigenvalue weighted by atomic mass is 35.5. The molecule has 1 amide bonds. The lowest BCUT2D eigenvalue weighted by molar-refractivity contribution is -0.130. The number of carbonyl (C=O) groups excluding carboxylic acids is 1. The molecule has 0 aromatic heterocycles. The Morgan fingerprint density at radius 2 is 1.82 bits per heavy atom. The molecule has 0 spiro atoms. The Hall–Kier alpha value is -1.87. The molecule has 2 nitrogen and oxygen atoms in total. The lowest BCUT2D eigenvalue weighted by Gasteiger charge is -2.40. The molecule has 1 N–H and O–H groups in total. The van der Waals surface area contributed by atoms with E-state index in [2.05, 4.69) is 5.32 Å². The monoisotopic (exact) mass is 317 g/mol. The van der Waals surface area contributed by atoms with Gasteiger partial charge >= 0.3 is 0 Å². The van der Waals surface area contributed by atoms with Crippen LogP contribution < -0.4 is 5.32 Å². The van der Waals surface area contributed by atoms with Crippen molar-refractivity contribution >= 4 is 17.5 Å². The Morgan fingerprint density at radius 1 is 1.14 bits per heavy atom. The maximum atomic E-state index is 14.1. The first-order valence-corrected chi connectivity index (χ1v) is 7.78. The molecule has 0 radical (unpaired) electrons. The van der Waals surface area contributed by atoms with Gasteiger partial charge in [-0.15, -0.1) is 0 Å². The number of benzene rings is 2. The molecule has 1 aliphatic carbocycles. The minimum absolute atomic E-state index is 0.122. The maximum Gasteiger partial charge on any atom is 0.231 e. The fourth-order valence-electron chi connectivity index (χ4n) is 2.98. The second-order valence-corrected chi connectivity index (χ2v) is 6.10. The van der Waals surface area contributed by atoms with E-state index in [4.69, 9.17) is 11.6 Å². The summed E-state index contributed by atoms with van der Waals surface area (Å²) in [6.45, 7) is 0.356. The molecule has 0 bridgehead atoms. The van der Waals surface area contributed by atoms with Gasteiger partial charge in [0.05, 0.1) is 5.41 Å². The van der Waals surface area contributed by atoms with Crippen LogP contribution in [0.4, 0.5) is 4.39 Å². The minimum Gasteiger partial charge on any atom is -0.351 e. The summed E-state index contributed by atoms with van der Waals surface area (Å²) in [7, 11) is 0. The maximum absolute atomic E-state index is 14.1. The van der Waals surface area contributed by atoms with E-state index in [1.54, 1.807) is 24.3 Å². The van der Waals surface area contributed by atoms with Crippen molar-refractivity contribution in [3.05, 3.63) is 70.5 Å². The third-order valence-electron chi connectivity index (χ3n) is 4.43. The molecule has 22 heavy (non-hydrogen) atoms. The van der Waals surface area contributed by atoms with Crippen LogP contribution in [0.3, 0.4) is 0 Å². The number of amides is 1. The number of nitrogens with one attached hydrogen (secondary N) is 1. The third-order valence-corrected chi connectivity index (χ3v) is 4.80. The van der Waals surface area contributed by atoms with Gasteiger partial charge in [-0.3, -0.25) is 4.79 Å². The zero-order chi connectivity index (χ0) is 15.6. The highest BCUT2D eigenvalue weighted by Gasteiger charge is 2.46. The van der Waals surface area contributed by atoms with E-state index >= 15 is 0 Å². The molecule has 0 heterocycles. The number of rotatable bonds is 4. The number of carbonyl (C=O) groups is 1. The van der Waals surface area contributed by atoms with Crippen LogP contribution in [0.2, 0.25) is 5.02 Å². The molecule has 2 aromatic carbocycles. The van der Waals surface area contributed by atoms with Crippen molar-refractivity contribution in [1.29, 1.82) is 0 Å². The number of halogens is 2. The van der Waals surface area contributed by atoms with Crippen molar-refractivity contribution in [3.8, 4) is 0 Å². The summed E-state index contributed by atoms with van der Waals surface area (Å²) in [5.41, 5.74) is 0.630. The first kappa shape index (κ1) is 15.0. The van der Waals surface area contributed by atoms with Gasteiger partial charge in [-0.1, -0.05) is 54.4 Å². The van der Waals surface area contributed by atoms with Crippen LogP contribution in [0.1, 0.15) is 30.4 Å². The van der Waals surface area contributed by atoms with Crippen molar-refractivity contribution in [2.24, 2.45) is 0 Å². The van der Waals surface area contributed by atoms with Gasteiger partial charge in [0.15, 0.2) is 0 Å². The quantitative estimate of drug-likeness (QED) is 0.899. The molecule has 0 unspecified atom stereocenters. The van der Waals surface area contributed by atoms with Gasteiger partial charge < -0.3 is 5.32 Å². The molecule has 2 aromatic rings. The van der Waals surface area contributed by atoms with Gasteiger partial charge in [0.1, 0.15) is 5.82 Å². The fourth-order valence-corrected chi connectivity index (χ4v) is 3.19. The molecule has 114 valence electrons. The van der Waals surface area contributed by atoms with Crippen LogP contribution in [-0.2, 0) is 16.8 Å². The molecule has 1 saturated carbocycles. The van der Waals surface area contributed by atoms with Gasteiger partial charge in [0.25, 0.3) is 0 Å². The van der Waals surface area contributed by atoms with Crippen molar-refractivity contribution < 1.29 is 9.18 Å². The Morgan fingerprint density at radius 3 is 2.45 bits per heavy atom. The summed E-state index contributed by atoms with van der Waals surface area (Å²) in [5, 5.41) is 3.54. The topological polar surface area (TPSA) is 29.1 Å². The Balaban J connectivity index is 1.78. The summed E-state index contributed by atoms with van der Waals surface area (Å²) in [6, 6.07) is 13.9. The molecule has 0 atom stereocenters. The van der Waals surface area contributed by atoms with Gasteiger partial charge in [0, 0.05) is 17.1 Å². The van der Waals surface area contributed by atoms with E-state index in [1.165, 1.54) is 6.07 Å². The van der Waals surface area contributed by atoms with E-state index in [-0.39, 0.29) is 11.7 Å². The van der Waals surface area contributed by atoms with E-state index in [0.717, 1.165) is 12.0 Å². The van der Waals surface area contributed by atoms with E-state index in [1.807, 2.05) is 18.2 Å². The van der Waals surface area contributed by atoms with Crippen LogP contribution in [-0.4, -0.2) is 5.91 Å². The van der Waals surface area contributed by atoms with E-state index in [0.29, 0.717) is 30.0 Å². The van der Waals surface area contributed by atoms with Gasteiger partial charge in [0.2, 0.25) is 5.91 Å². The summed E-state index contributed by atoms with van der Waals surface area (Å²) in [5.74, 6) is -0.432. The molecule has 4 heteroatoms. The Bertz CT molecular complexity index is 697. The van der Waals surface area contributed by atoms with Crippen LogP contribution in [0, 0.1) is 5.82 Å². The normalized spacial score (nSPS) is 15.9. The average molecular weight is 318 g/mol. The standard InChI is InChI=1S/C18H17ClFNO/c19-15-8-3-1-6-13(15)12-21-17(22)18(10-5-11-18)14-7-2-4-9-16(14)20/h1-4,6-9H,5,10-12H2,(H,21,22). The van der Waals surface area contributed by atoms with Crippen LogP contribution >= 0.6 is 11.6 Å². The average Bonchev–Trinajstić information content (AvgIpc) is 2.47. The predicted octanol–water partition coefficient (Wildman–Crippen LogP) is 4.22. The second kappa shape index (κ2) is 6.09. The second-order valence-electron chi connectivity index (χ2n) is 5.69. The molecular weight excluding hydrogens is 301 g/mol. The zero-order valence-electron chi connectivity index (χ0n) is 12.1. The molecule has 1 fully saturated rings. The summed E-state index contributed by atoms with van der Waals surface area (Å²) in [4.78, 5) is 12.7. The van der Waals surface area contributed by atoms with Gasteiger partial charge in [-0.2, -0.15) is 0 Å². The van der Waals surface area contributed by atoms with Crippen LogP contribution in [0.15, 0.2) is 48.5 Å². The lowest BCUT2D eigenvalue weighted by atomic mass is 9.63. The number of hydrogen-bond acceptors (Lipinski definition) is 1. The molecule has 3 rings (SSSR count).